The lowest BCUT2D eigenvalue weighted by Gasteiger charge is -2.07. The third-order valence-electron chi connectivity index (χ3n) is 2.26. The quantitative estimate of drug-likeness (QED) is 0.645. The number of aromatic hydroxyl groups is 1. The predicted molar refractivity (Wildman–Crippen MR) is 69.7 cm³/mol. The first-order valence-corrected chi connectivity index (χ1v) is 5.95. The lowest BCUT2D eigenvalue weighted by Crippen LogP contribution is -2.35. The molecule has 18 heavy (non-hydrogen) atoms. The average Bonchev–Trinajstić information content (AvgIpc) is 2.34. The minimum absolute atomic E-state index is 0.0534. The Morgan fingerprint density at radius 2 is 2.28 bits per heavy atom. The van der Waals surface area contributed by atoms with Crippen LogP contribution in [0.1, 0.15) is 5.56 Å². The second kappa shape index (κ2) is 7.92. The monoisotopic (exact) mass is 272 g/mol. The van der Waals surface area contributed by atoms with Crippen molar-refractivity contribution in [2.24, 2.45) is 0 Å². The van der Waals surface area contributed by atoms with Crippen molar-refractivity contribution in [3.63, 3.8) is 0 Å². The van der Waals surface area contributed by atoms with Gasteiger partial charge in [0.05, 0.1) is 18.2 Å². The summed E-state index contributed by atoms with van der Waals surface area (Å²) in [4.78, 5) is 11.3. The van der Waals surface area contributed by atoms with E-state index in [2.05, 4.69) is 10.6 Å². The molecular weight excluding hydrogens is 256 g/mol. The SMILES string of the molecule is COCCNC(=O)CNCc1ccc(O)c(Cl)c1. The van der Waals surface area contributed by atoms with Crippen LogP contribution in [-0.2, 0) is 16.1 Å². The molecule has 0 heterocycles. The van der Waals surface area contributed by atoms with Gasteiger partial charge in [0.2, 0.25) is 5.91 Å². The Labute approximate surface area is 111 Å². The third kappa shape index (κ3) is 5.35. The Bertz CT molecular complexity index is 399. The summed E-state index contributed by atoms with van der Waals surface area (Å²) < 4.78 is 4.82. The minimum Gasteiger partial charge on any atom is -0.506 e. The van der Waals surface area contributed by atoms with Crippen LogP contribution in [0.5, 0.6) is 5.75 Å². The number of benzene rings is 1. The van der Waals surface area contributed by atoms with Crippen LogP contribution in [0.3, 0.4) is 0 Å². The number of halogens is 1. The Morgan fingerprint density at radius 3 is 2.94 bits per heavy atom. The fourth-order valence-electron chi connectivity index (χ4n) is 1.34. The van der Waals surface area contributed by atoms with Crippen molar-refractivity contribution < 1.29 is 14.6 Å². The van der Waals surface area contributed by atoms with Gasteiger partial charge in [0.25, 0.3) is 0 Å². The summed E-state index contributed by atoms with van der Waals surface area (Å²) in [6.07, 6.45) is 0. The van der Waals surface area contributed by atoms with Crippen LogP contribution >= 0.6 is 11.6 Å². The zero-order valence-electron chi connectivity index (χ0n) is 10.2. The fourth-order valence-corrected chi connectivity index (χ4v) is 1.54. The molecule has 6 heteroatoms. The minimum atomic E-state index is -0.0862. The van der Waals surface area contributed by atoms with Gasteiger partial charge in [-0.25, -0.2) is 0 Å². The zero-order chi connectivity index (χ0) is 13.4. The second-order valence-corrected chi connectivity index (χ2v) is 4.14. The molecule has 0 aliphatic rings. The van der Waals surface area contributed by atoms with Crippen LogP contribution in [0.25, 0.3) is 0 Å². The fraction of sp³-hybridized carbons (Fsp3) is 0.417. The highest BCUT2D eigenvalue weighted by Gasteiger charge is 2.02. The van der Waals surface area contributed by atoms with Gasteiger partial charge in [0, 0.05) is 20.2 Å². The lowest BCUT2D eigenvalue weighted by molar-refractivity contribution is -0.120. The van der Waals surface area contributed by atoms with E-state index in [0.717, 1.165) is 5.56 Å². The molecule has 0 unspecified atom stereocenters. The van der Waals surface area contributed by atoms with Gasteiger partial charge in [0.15, 0.2) is 0 Å². The number of hydrogen-bond donors (Lipinski definition) is 3. The van der Waals surface area contributed by atoms with E-state index in [1.165, 1.54) is 6.07 Å². The first-order chi connectivity index (χ1) is 8.63. The van der Waals surface area contributed by atoms with Gasteiger partial charge in [-0.1, -0.05) is 17.7 Å². The van der Waals surface area contributed by atoms with Gasteiger partial charge in [-0.2, -0.15) is 0 Å². The molecular formula is C12H17ClN2O3. The van der Waals surface area contributed by atoms with E-state index in [4.69, 9.17) is 16.3 Å². The molecule has 0 aromatic heterocycles. The van der Waals surface area contributed by atoms with Crippen molar-refractivity contribution in [3.05, 3.63) is 28.8 Å². The van der Waals surface area contributed by atoms with Gasteiger partial charge in [-0.15, -0.1) is 0 Å². The number of phenols is 1. The average molecular weight is 273 g/mol. The number of rotatable bonds is 7. The first-order valence-electron chi connectivity index (χ1n) is 5.57. The maximum Gasteiger partial charge on any atom is 0.234 e. The molecule has 0 fully saturated rings. The number of ether oxygens (including phenoxy) is 1. The lowest BCUT2D eigenvalue weighted by atomic mass is 10.2. The van der Waals surface area contributed by atoms with Crippen molar-refractivity contribution in [3.8, 4) is 5.75 Å². The molecule has 0 bridgehead atoms. The van der Waals surface area contributed by atoms with Crippen molar-refractivity contribution in [2.45, 2.75) is 6.54 Å². The van der Waals surface area contributed by atoms with Crippen LogP contribution in [-0.4, -0.2) is 37.8 Å². The van der Waals surface area contributed by atoms with Crippen LogP contribution in [0, 0.1) is 0 Å². The molecule has 1 amide bonds. The summed E-state index contributed by atoms with van der Waals surface area (Å²) in [5, 5.41) is 15.2. The predicted octanol–water partition coefficient (Wildman–Crippen LogP) is 0.898. The Balaban J connectivity index is 2.24. The Hall–Kier alpha value is -1.30. The summed E-state index contributed by atoms with van der Waals surface area (Å²) in [5.74, 6) is -0.0327. The standard InChI is InChI=1S/C12H17ClN2O3/c1-18-5-4-15-12(17)8-14-7-9-2-3-11(16)10(13)6-9/h2-3,6,14,16H,4-5,7-8H2,1H3,(H,15,17). The smallest absolute Gasteiger partial charge is 0.234 e. The highest BCUT2D eigenvalue weighted by Crippen LogP contribution is 2.23. The number of nitrogens with one attached hydrogen (secondary N) is 2. The van der Waals surface area contributed by atoms with Crippen molar-refractivity contribution in [1.82, 2.24) is 10.6 Å². The number of methoxy groups -OCH3 is 1. The molecule has 1 rings (SSSR count). The molecule has 0 atom stereocenters. The largest absolute Gasteiger partial charge is 0.506 e. The topological polar surface area (TPSA) is 70.6 Å². The number of hydrogen-bond acceptors (Lipinski definition) is 4. The molecule has 1 aromatic rings. The van der Waals surface area contributed by atoms with Gasteiger partial charge >= 0.3 is 0 Å². The summed E-state index contributed by atoms with van der Waals surface area (Å²) in [6.45, 7) is 1.74. The van der Waals surface area contributed by atoms with Gasteiger partial charge < -0.3 is 20.5 Å². The van der Waals surface area contributed by atoms with E-state index in [0.29, 0.717) is 24.7 Å². The van der Waals surface area contributed by atoms with Crippen LogP contribution < -0.4 is 10.6 Å². The molecule has 1 aromatic carbocycles. The summed E-state index contributed by atoms with van der Waals surface area (Å²) in [7, 11) is 1.58. The van der Waals surface area contributed by atoms with Crippen LogP contribution in [0.2, 0.25) is 5.02 Å². The highest BCUT2D eigenvalue weighted by atomic mass is 35.5. The number of phenolic OH excluding ortho intramolecular Hbond substituents is 1. The van der Waals surface area contributed by atoms with Crippen molar-refractivity contribution >= 4 is 17.5 Å². The van der Waals surface area contributed by atoms with E-state index >= 15 is 0 Å². The Kier molecular flexibility index (Phi) is 6.49. The summed E-state index contributed by atoms with van der Waals surface area (Å²) >= 11 is 5.77. The van der Waals surface area contributed by atoms with Crippen LogP contribution in [0.15, 0.2) is 18.2 Å². The van der Waals surface area contributed by atoms with Crippen molar-refractivity contribution in [1.29, 1.82) is 0 Å². The van der Waals surface area contributed by atoms with E-state index in [-0.39, 0.29) is 18.2 Å². The van der Waals surface area contributed by atoms with E-state index < -0.39 is 0 Å². The molecule has 0 saturated heterocycles. The molecule has 0 spiro atoms. The van der Waals surface area contributed by atoms with E-state index in [1.54, 1.807) is 19.2 Å². The van der Waals surface area contributed by atoms with Gasteiger partial charge in [-0.3, -0.25) is 4.79 Å². The normalized spacial score (nSPS) is 10.3. The van der Waals surface area contributed by atoms with E-state index in [9.17, 15) is 9.90 Å². The number of amides is 1. The number of carbonyl (C=O) groups is 1. The molecule has 0 aliphatic heterocycles. The highest BCUT2D eigenvalue weighted by molar-refractivity contribution is 6.32. The maximum atomic E-state index is 11.3. The van der Waals surface area contributed by atoms with Gasteiger partial charge in [0.1, 0.15) is 5.75 Å². The summed E-state index contributed by atoms with van der Waals surface area (Å²) in [5.41, 5.74) is 0.905. The molecule has 5 nitrogen and oxygen atoms in total. The molecule has 0 saturated carbocycles. The molecule has 100 valence electrons. The van der Waals surface area contributed by atoms with E-state index in [1.807, 2.05) is 0 Å². The van der Waals surface area contributed by atoms with Crippen molar-refractivity contribution in [2.75, 3.05) is 26.8 Å². The number of carbonyl (C=O) groups excluding carboxylic acids is 1. The van der Waals surface area contributed by atoms with Gasteiger partial charge in [-0.05, 0) is 17.7 Å². The maximum absolute atomic E-state index is 11.3. The second-order valence-electron chi connectivity index (χ2n) is 3.73. The summed E-state index contributed by atoms with van der Waals surface area (Å²) in [6, 6.07) is 4.93. The Morgan fingerprint density at radius 1 is 1.50 bits per heavy atom. The molecule has 3 N–H and O–H groups in total. The third-order valence-corrected chi connectivity index (χ3v) is 2.56. The molecule has 0 aliphatic carbocycles. The molecule has 0 radical (unpaired) electrons. The first kappa shape index (κ1) is 14.8. The zero-order valence-corrected chi connectivity index (χ0v) is 11.0. The van der Waals surface area contributed by atoms with Crippen LogP contribution in [0.4, 0.5) is 0 Å².